The van der Waals surface area contributed by atoms with E-state index in [2.05, 4.69) is 17.9 Å². The van der Waals surface area contributed by atoms with Crippen molar-refractivity contribution in [2.75, 3.05) is 6.73 Å². The molecule has 0 aliphatic carbocycles. The van der Waals surface area contributed by atoms with Crippen molar-refractivity contribution in [3.8, 4) is 0 Å². The van der Waals surface area contributed by atoms with Crippen LogP contribution in [0.5, 0.6) is 0 Å². The minimum absolute atomic E-state index is 0.152. The standard InChI is InChI=1S/C5H13NO2S/c1-4(9)2-5(8)6-3-7/h4-9H,2-3H2,1H3. The zero-order chi connectivity index (χ0) is 7.28. The van der Waals surface area contributed by atoms with Gasteiger partial charge >= 0.3 is 0 Å². The number of hydrogen-bond acceptors (Lipinski definition) is 4. The lowest BCUT2D eigenvalue weighted by Gasteiger charge is -2.11. The van der Waals surface area contributed by atoms with Crippen molar-refractivity contribution >= 4 is 12.6 Å². The molecule has 0 aromatic carbocycles. The first kappa shape index (κ1) is 9.23. The van der Waals surface area contributed by atoms with Crippen LogP contribution in [0.25, 0.3) is 0 Å². The summed E-state index contributed by atoms with van der Waals surface area (Å²) < 4.78 is 0. The predicted molar refractivity (Wildman–Crippen MR) is 39.3 cm³/mol. The van der Waals surface area contributed by atoms with Crippen molar-refractivity contribution < 1.29 is 10.2 Å². The molecule has 2 unspecified atom stereocenters. The molecular weight excluding hydrogens is 138 g/mol. The Morgan fingerprint density at radius 1 is 1.67 bits per heavy atom. The molecule has 0 spiro atoms. The van der Waals surface area contributed by atoms with Gasteiger partial charge in [-0.05, 0) is 6.42 Å². The quantitative estimate of drug-likeness (QED) is 0.325. The molecule has 2 atom stereocenters. The highest BCUT2D eigenvalue weighted by molar-refractivity contribution is 7.80. The third kappa shape index (κ3) is 6.11. The summed E-state index contributed by atoms with van der Waals surface area (Å²) in [4.78, 5) is 0. The van der Waals surface area contributed by atoms with Crippen LogP contribution in [0.1, 0.15) is 13.3 Å². The van der Waals surface area contributed by atoms with E-state index in [1.165, 1.54) is 0 Å². The van der Waals surface area contributed by atoms with Crippen LogP contribution >= 0.6 is 12.6 Å². The van der Waals surface area contributed by atoms with E-state index in [-0.39, 0.29) is 12.0 Å². The summed E-state index contributed by atoms with van der Waals surface area (Å²) in [6, 6.07) is 0. The van der Waals surface area contributed by atoms with E-state index in [0.29, 0.717) is 6.42 Å². The van der Waals surface area contributed by atoms with Crippen LogP contribution in [0.3, 0.4) is 0 Å². The van der Waals surface area contributed by atoms with E-state index >= 15 is 0 Å². The molecular formula is C5H13NO2S. The maximum absolute atomic E-state index is 8.90. The second kappa shape index (κ2) is 5.05. The summed E-state index contributed by atoms with van der Waals surface area (Å²) in [5, 5.41) is 19.7. The molecule has 0 heterocycles. The maximum Gasteiger partial charge on any atom is 0.107 e. The molecule has 3 N–H and O–H groups in total. The zero-order valence-corrected chi connectivity index (χ0v) is 6.30. The Balaban J connectivity index is 3.15. The van der Waals surface area contributed by atoms with E-state index in [1.54, 1.807) is 0 Å². The third-order valence-electron chi connectivity index (χ3n) is 0.891. The number of aliphatic hydroxyl groups is 2. The van der Waals surface area contributed by atoms with Crippen molar-refractivity contribution in [1.82, 2.24) is 5.32 Å². The van der Waals surface area contributed by atoms with E-state index in [4.69, 9.17) is 10.2 Å². The first-order valence-electron chi connectivity index (χ1n) is 2.87. The van der Waals surface area contributed by atoms with Gasteiger partial charge in [0.1, 0.15) is 6.23 Å². The molecule has 0 rings (SSSR count). The highest BCUT2D eigenvalue weighted by Crippen LogP contribution is 2.00. The average Bonchev–Trinajstić information content (AvgIpc) is 1.63. The molecule has 0 saturated carbocycles. The topological polar surface area (TPSA) is 52.5 Å². The number of thiol groups is 1. The molecule has 0 aromatic rings. The SMILES string of the molecule is CC(S)CC(O)NCO. The first-order chi connectivity index (χ1) is 4.16. The van der Waals surface area contributed by atoms with Gasteiger partial charge in [-0.1, -0.05) is 6.92 Å². The van der Waals surface area contributed by atoms with Gasteiger partial charge in [-0.3, -0.25) is 5.32 Å². The predicted octanol–water partition coefficient (Wildman–Crippen LogP) is -0.447. The van der Waals surface area contributed by atoms with Gasteiger partial charge in [0, 0.05) is 5.25 Å². The fourth-order valence-corrected chi connectivity index (χ4v) is 0.712. The van der Waals surface area contributed by atoms with Gasteiger partial charge in [0.25, 0.3) is 0 Å². The molecule has 0 saturated heterocycles. The highest BCUT2D eigenvalue weighted by Gasteiger charge is 2.03. The molecule has 0 aromatic heterocycles. The van der Waals surface area contributed by atoms with Crippen LogP contribution in [0.2, 0.25) is 0 Å². The molecule has 0 bridgehead atoms. The van der Waals surface area contributed by atoms with Gasteiger partial charge in [0.2, 0.25) is 0 Å². The van der Waals surface area contributed by atoms with Gasteiger partial charge in [0.15, 0.2) is 0 Å². The van der Waals surface area contributed by atoms with Crippen molar-refractivity contribution in [3.63, 3.8) is 0 Å². The molecule has 3 nitrogen and oxygen atoms in total. The van der Waals surface area contributed by atoms with Crippen molar-refractivity contribution in [2.45, 2.75) is 24.8 Å². The summed E-state index contributed by atoms with van der Waals surface area (Å²) in [6.45, 7) is 1.69. The van der Waals surface area contributed by atoms with Crippen LogP contribution in [0.15, 0.2) is 0 Å². The van der Waals surface area contributed by atoms with Gasteiger partial charge in [-0.2, -0.15) is 12.6 Å². The van der Waals surface area contributed by atoms with E-state index < -0.39 is 6.23 Å². The van der Waals surface area contributed by atoms with Gasteiger partial charge < -0.3 is 10.2 Å². The number of aliphatic hydroxyl groups excluding tert-OH is 2. The smallest absolute Gasteiger partial charge is 0.107 e. The first-order valence-corrected chi connectivity index (χ1v) is 3.39. The van der Waals surface area contributed by atoms with Crippen molar-refractivity contribution in [1.29, 1.82) is 0 Å². The van der Waals surface area contributed by atoms with E-state index in [0.717, 1.165) is 0 Å². The maximum atomic E-state index is 8.90. The lowest BCUT2D eigenvalue weighted by Crippen LogP contribution is -2.31. The summed E-state index contributed by atoms with van der Waals surface area (Å²) in [7, 11) is 0. The largest absolute Gasteiger partial charge is 0.381 e. The van der Waals surface area contributed by atoms with Gasteiger partial charge in [-0.25, -0.2) is 0 Å². The third-order valence-corrected chi connectivity index (χ3v) is 1.10. The van der Waals surface area contributed by atoms with Crippen LogP contribution < -0.4 is 5.32 Å². The van der Waals surface area contributed by atoms with Crippen LogP contribution in [0, 0.1) is 0 Å². The highest BCUT2D eigenvalue weighted by atomic mass is 32.1. The Hall–Kier alpha value is 0.230. The van der Waals surface area contributed by atoms with Crippen molar-refractivity contribution in [2.24, 2.45) is 0 Å². The summed E-state index contributed by atoms with van der Waals surface area (Å²) in [5.74, 6) is 0. The minimum atomic E-state index is -0.637. The fourth-order valence-electron chi connectivity index (χ4n) is 0.512. The second-order valence-corrected chi connectivity index (χ2v) is 2.84. The summed E-state index contributed by atoms with van der Waals surface area (Å²) in [6.07, 6.45) is -0.0913. The second-order valence-electron chi connectivity index (χ2n) is 1.96. The summed E-state index contributed by atoms with van der Waals surface area (Å²) in [5.41, 5.74) is 0. The van der Waals surface area contributed by atoms with Crippen LogP contribution in [0.4, 0.5) is 0 Å². The molecule has 0 aliphatic heterocycles. The molecule has 0 radical (unpaired) electrons. The average molecular weight is 151 g/mol. The van der Waals surface area contributed by atoms with E-state index in [1.807, 2.05) is 6.92 Å². The molecule has 0 amide bonds. The van der Waals surface area contributed by atoms with Crippen LogP contribution in [-0.4, -0.2) is 28.4 Å². The van der Waals surface area contributed by atoms with Gasteiger partial charge in [0.05, 0.1) is 6.73 Å². The van der Waals surface area contributed by atoms with Crippen LogP contribution in [-0.2, 0) is 0 Å². The monoisotopic (exact) mass is 151 g/mol. The Kier molecular flexibility index (Phi) is 5.18. The van der Waals surface area contributed by atoms with E-state index in [9.17, 15) is 0 Å². The Bertz CT molecular complexity index is 70.0. The number of nitrogens with one attached hydrogen (secondary N) is 1. The lowest BCUT2D eigenvalue weighted by molar-refractivity contribution is 0.0913. The van der Waals surface area contributed by atoms with Gasteiger partial charge in [-0.15, -0.1) is 0 Å². The zero-order valence-electron chi connectivity index (χ0n) is 5.41. The molecule has 56 valence electrons. The molecule has 4 heteroatoms. The Morgan fingerprint density at radius 2 is 2.22 bits per heavy atom. The minimum Gasteiger partial charge on any atom is -0.381 e. The van der Waals surface area contributed by atoms with Crippen molar-refractivity contribution in [3.05, 3.63) is 0 Å². The molecule has 0 aliphatic rings. The number of hydrogen-bond donors (Lipinski definition) is 4. The Labute approximate surface area is 60.5 Å². The lowest BCUT2D eigenvalue weighted by atomic mass is 10.3. The fraction of sp³-hybridized carbons (Fsp3) is 1.00. The number of rotatable bonds is 4. The Morgan fingerprint density at radius 3 is 2.56 bits per heavy atom. The molecule has 9 heavy (non-hydrogen) atoms. The summed E-state index contributed by atoms with van der Waals surface area (Å²) >= 11 is 4.05. The normalized spacial score (nSPS) is 17.3. The molecule has 0 fully saturated rings.